The third-order valence-electron chi connectivity index (χ3n) is 2.68. The second-order valence-corrected chi connectivity index (χ2v) is 5.34. The lowest BCUT2D eigenvalue weighted by Gasteiger charge is -2.10. The number of carbonyl (C=O) groups is 1. The second kappa shape index (κ2) is 6.08. The molecule has 1 amide bonds. The fourth-order valence-electron chi connectivity index (χ4n) is 1.76. The number of aromatic nitrogens is 3. The zero-order valence-corrected chi connectivity index (χ0v) is 11.8. The van der Waals surface area contributed by atoms with Crippen LogP contribution in [0.15, 0.2) is 17.8 Å². The van der Waals surface area contributed by atoms with E-state index in [-0.39, 0.29) is 23.0 Å². The molecule has 0 spiro atoms. The maximum atomic E-state index is 12.7. The average Bonchev–Trinajstić information content (AvgIpc) is 3.04. The van der Waals surface area contributed by atoms with E-state index in [1.807, 2.05) is 13.8 Å². The summed E-state index contributed by atoms with van der Waals surface area (Å²) in [4.78, 5) is 15.7. The molecule has 0 radical (unpaired) electrons. The van der Waals surface area contributed by atoms with Crippen molar-refractivity contribution < 1.29 is 13.6 Å². The first-order valence-corrected chi connectivity index (χ1v) is 6.90. The fourth-order valence-corrected chi connectivity index (χ4v) is 2.51. The van der Waals surface area contributed by atoms with Crippen LogP contribution in [0, 0.1) is 0 Å². The van der Waals surface area contributed by atoms with E-state index < -0.39 is 12.3 Å². The summed E-state index contributed by atoms with van der Waals surface area (Å²) in [6, 6.07) is 1.51. The molecule has 0 aliphatic heterocycles. The molecular weight excluding hydrogens is 286 g/mol. The van der Waals surface area contributed by atoms with Gasteiger partial charge in [-0.05, 0) is 25.3 Å². The monoisotopic (exact) mass is 300 g/mol. The van der Waals surface area contributed by atoms with Crippen molar-refractivity contribution in [1.82, 2.24) is 20.1 Å². The largest absolute Gasteiger partial charge is 0.345 e. The Kier molecular flexibility index (Phi) is 4.43. The van der Waals surface area contributed by atoms with Gasteiger partial charge in [-0.1, -0.05) is 0 Å². The lowest BCUT2D eigenvalue weighted by atomic mass is 10.2. The van der Waals surface area contributed by atoms with Crippen molar-refractivity contribution in [2.45, 2.75) is 32.9 Å². The number of halogens is 2. The van der Waals surface area contributed by atoms with E-state index >= 15 is 0 Å². The van der Waals surface area contributed by atoms with Gasteiger partial charge in [0.15, 0.2) is 0 Å². The van der Waals surface area contributed by atoms with Crippen molar-refractivity contribution in [3.05, 3.63) is 34.0 Å². The molecule has 0 saturated heterocycles. The summed E-state index contributed by atoms with van der Waals surface area (Å²) in [7, 11) is 0. The van der Waals surface area contributed by atoms with Gasteiger partial charge in [-0.2, -0.15) is 5.10 Å². The van der Waals surface area contributed by atoms with Crippen LogP contribution in [0.3, 0.4) is 0 Å². The number of alkyl halides is 2. The van der Waals surface area contributed by atoms with Gasteiger partial charge in [-0.25, -0.2) is 18.4 Å². The third-order valence-corrected chi connectivity index (χ3v) is 3.61. The second-order valence-electron chi connectivity index (χ2n) is 4.40. The first-order chi connectivity index (χ1) is 9.50. The summed E-state index contributed by atoms with van der Waals surface area (Å²) < 4.78 is 27.1. The molecule has 20 heavy (non-hydrogen) atoms. The van der Waals surface area contributed by atoms with Crippen LogP contribution in [0.4, 0.5) is 8.78 Å². The molecule has 8 heteroatoms. The summed E-state index contributed by atoms with van der Waals surface area (Å²) in [6.45, 7) is 4.02. The number of nitrogens with one attached hydrogen (secondary N) is 1. The normalized spacial score (nSPS) is 11.3. The molecule has 2 heterocycles. The molecule has 0 bridgehead atoms. The highest BCUT2D eigenvalue weighted by Gasteiger charge is 2.20. The van der Waals surface area contributed by atoms with Crippen LogP contribution in [0.1, 0.15) is 47.4 Å². The highest BCUT2D eigenvalue weighted by Crippen LogP contribution is 2.28. The Morgan fingerprint density at radius 2 is 2.25 bits per heavy atom. The predicted molar refractivity (Wildman–Crippen MR) is 70.9 cm³/mol. The highest BCUT2D eigenvalue weighted by molar-refractivity contribution is 7.10. The Morgan fingerprint density at radius 3 is 2.90 bits per heavy atom. The minimum atomic E-state index is -2.64. The molecule has 2 rings (SSSR count). The van der Waals surface area contributed by atoms with Crippen LogP contribution in [-0.4, -0.2) is 20.7 Å². The molecule has 0 saturated carbocycles. The molecule has 2 aromatic heterocycles. The van der Waals surface area contributed by atoms with Crippen molar-refractivity contribution in [2.24, 2.45) is 0 Å². The van der Waals surface area contributed by atoms with Crippen molar-refractivity contribution in [3.8, 4) is 0 Å². The Labute approximate surface area is 118 Å². The number of carbonyl (C=O) groups excluding carboxylic acids is 1. The first kappa shape index (κ1) is 14.6. The van der Waals surface area contributed by atoms with Crippen molar-refractivity contribution in [3.63, 3.8) is 0 Å². The summed E-state index contributed by atoms with van der Waals surface area (Å²) >= 11 is 0.873. The van der Waals surface area contributed by atoms with Crippen LogP contribution in [0.25, 0.3) is 0 Å². The van der Waals surface area contributed by atoms with Crippen molar-refractivity contribution >= 4 is 17.2 Å². The Morgan fingerprint density at radius 1 is 1.50 bits per heavy atom. The van der Waals surface area contributed by atoms with E-state index in [9.17, 15) is 13.6 Å². The van der Waals surface area contributed by atoms with Crippen LogP contribution in [0.5, 0.6) is 0 Å². The molecule has 2 aromatic rings. The van der Waals surface area contributed by atoms with E-state index in [1.54, 1.807) is 4.68 Å². The summed E-state index contributed by atoms with van der Waals surface area (Å²) in [6.07, 6.45) is -1.24. The SMILES string of the molecule is CC(C)n1ncnc1CNC(=O)c1ccsc1C(F)F. The van der Waals surface area contributed by atoms with E-state index in [4.69, 9.17) is 0 Å². The Bertz CT molecular complexity index is 594. The van der Waals surface area contributed by atoms with Gasteiger partial charge in [0.2, 0.25) is 0 Å². The molecule has 0 fully saturated rings. The molecule has 0 atom stereocenters. The minimum Gasteiger partial charge on any atom is -0.345 e. The van der Waals surface area contributed by atoms with Gasteiger partial charge in [-0.15, -0.1) is 11.3 Å². The van der Waals surface area contributed by atoms with Crippen LogP contribution >= 0.6 is 11.3 Å². The highest BCUT2D eigenvalue weighted by atomic mass is 32.1. The van der Waals surface area contributed by atoms with E-state index in [1.165, 1.54) is 17.8 Å². The maximum Gasteiger partial charge on any atom is 0.273 e. The third kappa shape index (κ3) is 3.01. The maximum absolute atomic E-state index is 12.7. The van der Waals surface area contributed by atoms with Gasteiger partial charge in [0, 0.05) is 6.04 Å². The topological polar surface area (TPSA) is 59.8 Å². The molecule has 0 aliphatic carbocycles. The molecule has 108 valence electrons. The van der Waals surface area contributed by atoms with E-state index in [2.05, 4.69) is 15.4 Å². The Hall–Kier alpha value is -1.83. The molecular formula is C12H14F2N4OS. The van der Waals surface area contributed by atoms with Crippen LogP contribution in [0.2, 0.25) is 0 Å². The smallest absolute Gasteiger partial charge is 0.273 e. The summed E-state index contributed by atoms with van der Waals surface area (Å²) in [5.41, 5.74) is 0.0145. The van der Waals surface area contributed by atoms with Gasteiger partial charge >= 0.3 is 0 Å². The predicted octanol–water partition coefficient (Wildman–Crippen LogP) is 2.79. The zero-order valence-electron chi connectivity index (χ0n) is 11.0. The lowest BCUT2D eigenvalue weighted by molar-refractivity contribution is 0.0938. The van der Waals surface area contributed by atoms with Crippen LogP contribution < -0.4 is 5.32 Å². The van der Waals surface area contributed by atoms with Gasteiger partial charge in [0.05, 0.1) is 17.0 Å². The average molecular weight is 300 g/mol. The standard InChI is InChI=1S/C12H14F2N4OS/c1-7(2)18-9(16-6-17-18)5-15-12(19)8-3-4-20-10(8)11(13)14/h3-4,6-7,11H,5H2,1-2H3,(H,15,19). The Balaban J connectivity index is 2.05. The van der Waals surface area contributed by atoms with Crippen LogP contribution in [-0.2, 0) is 6.54 Å². The van der Waals surface area contributed by atoms with Gasteiger partial charge in [-0.3, -0.25) is 4.79 Å². The number of nitrogens with zero attached hydrogens (tertiary/aromatic N) is 3. The lowest BCUT2D eigenvalue weighted by Crippen LogP contribution is -2.25. The molecule has 5 nitrogen and oxygen atoms in total. The molecule has 0 unspecified atom stereocenters. The minimum absolute atomic E-state index is 0.0145. The zero-order chi connectivity index (χ0) is 14.7. The van der Waals surface area contributed by atoms with Gasteiger partial charge < -0.3 is 5.32 Å². The number of thiophene rings is 1. The van der Waals surface area contributed by atoms with Crippen molar-refractivity contribution in [2.75, 3.05) is 0 Å². The van der Waals surface area contributed by atoms with E-state index in [0.717, 1.165) is 11.3 Å². The first-order valence-electron chi connectivity index (χ1n) is 6.02. The van der Waals surface area contributed by atoms with E-state index in [0.29, 0.717) is 5.82 Å². The summed E-state index contributed by atoms with van der Waals surface area (Å²) in [5, 5.41) is 8.11. The number of hydrogen-bond donors (Lipinski definition) is 1. The van der Waals surface area contributed by atoms with Crippen molar-refractivity contribution in [1.29, 1.82) is 0 Å². The molecule has 0 aliphatic rings. The number of amides is 1. The molecule has 1 N–H and O–H groups in total. The van der Waals surface area contributed by atoms with Gasteiger partial charge in [0.1, 0.15) is 12.2 Å². The molecule has 0 aromatic carbocycles. The fraction of sp³-hybridized carbons (Fsp3) is 0.417. The summed E-state index contributed by atoms with van der Waals surface area (Å²) in [5.74, 6) is 0.0574. The number of hydrogen-bond acceptors (Lipinski definition) is 4. The quantitative estimate of drug-likeness (QED) is 0.923. The number of rotatable bonds is 5. The van der Waals surface area contributed by atoms with Gasteiger partial charge in [0.25, 0.3) is 12.3 Å².